The topological polar surface area (TPSA) is 139 Å². The van der Waals surface area contributed by atoms with Crippen molar-refractivity contribution in [3.05, 3.63) is 47.8 Å². The molecule has 4 rings (SSSR count). The lowest BCUT2D eigenvalue weighted by molar-refractivity contribution is -0.0234. The molecule has 0 radical (unpaired) electrons. The lowest BCUT2D eigenvalue weighted by Crippen LogP contribution is -2.48. The van der Waals surface area contributed by atoms with E-state index in [4.69, 9.17) is 10.5 Å². The van der Waals surface area contributed by atoms with Gasteiger partial charge in [0.15, 0.2) is 0 Å². The minimum absolute atomic E-state index is 0.0261. The summed E-state index contributed by atoms with van der Waals surface area (Å²) in [6, 6.07) is 11.2. The van der Waals surface area contributed by atoms with Crippen LogP contribution in [0.2, 0.25) is 0 Å². The fourth-order valence-electron chi connectivity index (χ4n) is 3.69. The van der Waals surface area contributed by atoms with Crippen LogP contribution < -0.4 is 10.6 Å². The van der Waals surface area contributed by atoms with Crippen LogP contribution in [0.3, 0.4) is 0 Å². The maximum absolute atomic E-state index is 12.5. The van der Waals surface area contributed by atoms with Gasteiger partial charge in [0.2, 0.25) is 0 Å². The summed E-state index contributed by atoms with van der Waals surface area (Å²) in [5.74, 6) is -0.402. The Labute approximate surface area is 172 Å². The van der Waals surface area contributed by atoms with Crippen molar-refractivity contribution in [2.24, 2.45) is 0 Å². The molecule has 0 aromatic carbocycles. The van der Waals surface area contributed by atoms with Crippen molar-refractivity contribution in [3.8, 4) is 23.5 Å². The van der Waals surface area contributed by atoms with Gasteiger partial charge in [-0.1, -0.05) is 0 Å². The number of carbonyl (C=O) groups is 1. The van der Waals surface area contributed by atoms with E-state index in [1.165, 1.54) is 12.4 Å². The maximum Gasteiger partial charge on any atom is 0.255 e. The van der Waals surface area contributed by atoms with Gasteiger partial charge in [0.05, 0.1) is 51.6 Å². The predicted octanol–water partition coefficient (Wildman–Crippen LogP) is 1.85. The van der Waals surface area contributed by atoms with Crippen LogP contribution in [0.5, 0.6) is 0 Å². The van der Waals surface area contributed by atoms with Crippen LogP contribution >= 0.6 is 0 Å². The molecule has 3 heterocycles. The first-order valence-electron chi connectivity index (χ1n) is 9.42. The zero-order valence-electron chi connectivity index (χ0n) is 16.3. The van der Waals surface area contributed by atoms with Gasteiger partial charge in [0, 0.05) is 12.2 Å². The first-order valence-corrected chi connectivity index (χ1v) is 9.42. The molecule has 3 N–H and O–H groups in total. The van der Waals surface area contributed by atoms with E-state index < -0.39 is 11.5 Å². The molecule has 0 atom stereocenters. The fourth-order valence-corrected chi connectivity index (χ4v) is 3.69. The number of hydrogen-bond donors (Lipinski definition) is 3. The normalized spacial score (nSPS) is 20.1. The first kappa shape index (κ1) is 19.4. The molecular formula is C21H19N7O2. The van der Waals surface area contributed by atoms with Crippen LogP contribution in [-0.4, -0.2) is 43.8 Å². The zero-order valence-corrected chi connectivity index (χ0v) is 16.3. The maximum atomic E-state index is 12.5. The molecule has 0 bridgehead atoms. The number of rotatable bonds is 5. The average Bonchev–Trinajstić information content (AvgIpc) is 3.13. The van der Waals surface area contributed by atoms with Crippen LogP contribution in [0.25, 0.3) is 16.9 Å². The van der Waals surface area contributed by atoms with Crippen molar-refractivity contribution in [2.75, 3.05) is 11.9 Å². The van der Waals surface area contributed by atoms with Gasteiger partial charge in [-0.15, -0.1) is 0 Å². The second-order valence-corrected chi connectivity index (χ2v) is 7.61. The molecule has 3 aromatic rings. The third-order valence-corrected chi connectivity index (χ3v) is 5.10. The standard InChI is InChI=1S/C21H19N7O2/c1-21(30)8-14(9-21)27-17-7-18(25-12-16(17)20(29)24-5-4-22)19-3-2-15-6-13(10-23)11-26-28(15)19/h2-3,6-7,11-12,14,30H,5,8-9H2,1H3,(H,24,29)(H,25,27)/t14-,21-. The van der Waals surface area contributed by atoms with Crippen LogP contribution in [0, 0.1) is 22.7 Å². The van der Waals surface area contributed by atoms with Crippen molar-refractivity contribution in [1.82, 2.24) is 19.9 Å². The van der Waals surface area contributed by atoms with E-state index in [0.29, 0.717) is 41.0 Å². The van der Waals surface area contributed by atoms with Crippen LogP contribution in [0.1, 0.15) is 35.7 Å². The summed E-state index contributed by atoms with van der Waals surface area (Å²) in [6.45, 7) is 1.67. The summed E-state index contributed by atoms with van der Waals surface area (Å²) in [7, 11) is 0. The Balaban J connectivity index is 1.71. The number of amides is 1. The SMILES string of the molecule is C[C@]1(O)C[C@H](Nc2cc(-c3ccc4cc(C#N)cnn34)ncc2C(=O)NCC#N)C1. The van der Waals surface area contributed by atoms with Crippen molar-refractivity contribution in [2.45, 2.75) is 31.4 Å². The highest BCUT2D eigenvalue weighted by molar-refractivity contribution is 6.00. The van der Waals surface area contributed by atoms with Gasteiger partial charge >= 0.3 is 0 Å². The Kier molecular flexibility index (Phi) is 4.82. The molecule has 1 amide bonds. The first-order chi connectivity index (χ1) is 14.4. The molecule has 1 saturated carbocycles. The molecule has 9 heteroatoms. The molecule has 1 aliphatic rings. The number of aromatic nitrogens is 3. The van der Waals surface area contributed by atoms with Gasteiger partial charge in [-0.05, 0) is 44.0 Å². The second-order valence-electron chi connectivity index (χ2n) is 7.61. The molecule has 1 aliphatic carbocycles. The predicted molar refractivity (Wildman–Crippen MR) is 108 cm³/mol. The minimum atomic E-state index is -0.711. The Morgan fingerprint density at radius 3 is 2.83 bits per heavy atom. The molecule has 150 valence electrons. The van der Waals surface area contributed by atoms with Gasteiger partial charge < -0.3 is 15.7 Å². The molecule has 30 heavy (non-hydrogen) atoms. The Bertz CT molecular complexity index is 1210. The van der Waals surface area contributed by atoms with E-state index in [0.717, 1.165) is 5.52 Å². The third-order valence-electron chi connectivity index (χ3n) is 5.10. The number of nitriles is 2. The summed E-state index contributed by atoms with van der Waals surface area (Å²) in [5, 5.41) is 38.0. The number of pyridine rings is 1. The Morgan fingerprint density at radius 1 is 1.33 bits per heavy atom. The average molecular weight is 401 g/mol. The quantitative estimate of drug-likeness (QED) is 0.554. The van der Waals surface area contributed by atoms with E-state index in [-0.39, 0.29) is 12.6 Å². The van der Waals surface area contributed by atoms with E-state index >= 15 is 0 Å². The van der Waals surface area contributed by atoms with E-state index in [2.05, 4.69) is 26.8 Å². The number of aliphatic hydroxyl groups is 1. The summed E-state index contributed by atoms with van der Waals surface area (Å²) >= 11 is 0. The minimum Gasteiger partial charge on any atom is -0.390 e. The van der Waals surface area contributed by atoms with Crippen molar-refractivity contribution >= 4 is 17.1 Å². The van der Waals surface area contributed by atoms with Crippen molar-refractivity contribution in [3.63, 3.8) is 0 Å². The summed E-state index contributed by atoms with van der Waals surface area (Å²) in [5.41, 5.74) is 2.70. The van der Waals surface area contributed by atoms with E-state index in [1.54, 1.807) is 23.6 Å². The van der Waals surface area contributed by atoms with Gasteiger partial charge in [-0.25, -0.2) is 4.52 Å². The molecule has 0 aliphatic heterocycles. The van der Waals surface area contributed by atoms with Gasteiger partial charge in [0.1, 0.15) is 12.6 Å². The lowest BCUT2D eigenvalue weighted by atomic mass is 9.77. The lowest BCUT2D eigenvalue weighted by Gasteiger charge is -2.42. The molecular weight excluding hydrogens is 382 g/mol. The number of fused-ring (bicyclic) bond motifs is 1. The molecule has 0 spiro atoms. The van der Waals surface area contributed by atoms with Crippen molar-refractivity contribution in [1.29, 1.82) is 10.5 Å². The monoisotopic (exact) mass is 401 g/mol. The number of carbonyl (C=O) groups excluding carboxylic acids is 1. The second kappa shape index (κ2) is 7.47. The molecule has 3 aromatic heterocycles. The molecule has 0 unspecified atom stereocenters. The van der Waals surface area contributed by atoms with Gasteiger partial charge in [-0.3, -0.25) is 9.78 Å². The van der Waals surface area contributed by atoms with Crippen LogP contribution in [0.4, 0.5) is 5.69 Å². The third kappa shape index (κ3) is 3.66. The molecule has 0 saturated heterocycles. The van der Waals surface area contributed by atoms with Gasteiger partial charge in [0.25, 0.3) is 5.91 Å². The molecule has 9 nitrogen and oxygen atoms in total. The summed E-state index contributed by atoms with van der Waals surface area (Å²) < 4.78 is 1.68. The Morgan fingerprint density at radius 2 is 2.13 bits per heavy atom. The number of nitrogens with one attached hydrogen (secondary N) is 2. The Hall–Kier alpha value is -3.95. The zero-order chi connectivity index (χ0) is 21.3. The van der Waals surface area contributed by atoms with Gasteiger partial charge in [-0.2, -0.15) is 15.6 Å². The summed E-state index contributed by atoms with van der Waals surface area (Å²) in [4.78, 5) is 16.9. The molecule has 1 fully saturated rings. The van der Waals surface area contributed by atoms with Crippen LogP contribution in [-0.2, 0) is 0 Å². The highest BCUT2D eigenvalue weighted by Crippen LogP contribution is 2.35. The number of hydrogen-bond acceptors (Lipinski definition) is 7. The fraction of sp³-hybridized carbons (Fsp3) is 0.286. The van der Waals surface area contributed by atoms with Crippen LogP contribution in [0.15, 0.2) is 36.7 Å². The highest BCUT2D eigenvalue weighted by Gasteiger charge is 2.38. The highest BCUT2D eigenvalue weighted by atomic mass is 16.3. The summed E-state index contributed by atoms with van der Waals surface area (Å²) in [6.07, 6.45) is 4.08. The van der Waals surface area contributed by atoms with E-state index in [1.807, 2.05) is 18.2 Å². The number of anilines is 1. The van der Waals surface area contributed by atoms with E-state index in [9.17, 15) is 9.90 Å². The largest absolute Gasteiger partial charge is 0.390 e. The smallest absolute Gasteiger partial charge is 0.255 e. The van der Waals surface area contributed by atoms with Crippen molar-refractivity contribution < 1.29 is 9.90 Å². The number of nitrogens with zero attached hydrogens (tertiary/aromatic N) is 5.